The quantitative estimate of drug-likeness (QED) is 0.757. The third-order valence-corrected chi connectivity index (χ3v) is 4.09. The molecule has 92 valence electrons. The fraction of sp³-hybridized carbons (Fsp3) is 0.143. The van der Waals surface area contributed by atoms with Gasteiger partial charge in [-0.15, -0.1) is 11.3 Å². The van der Waals surface area contributed by atoms with E-state index in [1.807, 2.05) is 24.4 Å². The zero-order valence-electron chi connectivity index (χ0n) is 9.81. The third kappa shape index (κ3) is 1.83. The van der Waals surface area contributed by atoms with E-state index in [1.54, 1.807) is 17.4 Å². The molecular formula is C14H12FNOS. The maximum absolute atomic E-state index is 13.1. The number of aryl methyl sites for hydroxylation is 1. The number of hydrogen-bond acceptors (Lipinski definition) is 3. The van der Waals surface area contributed by atoms with Crippen LogP contribution < -0.4 is 5.73 Å². The van der Waals surface area contributed by atoms with Crippen LogP contribution in [0.5, 0.6) is 0 Å². The van der Waals surface area contributed by atoms with Crippen molar-refractivity contribution >= 4 is 22.3 Å². The average Bonchev–Trinajstić information content (AvgIpc) is 2.93. The van der Waals surface area contributed by atoms with Crippen molar-refractivity contribution in [2.24, 2.45) is 5.73 Å². The van der Waals surface area contributed by atoms with Crippen molar-refractivity contribution in [3.63, 3.8) is 0 Å². The largest absolute Gasteiger partial charge is 0.459 e. The van der Waals surface area contributed by atoms with Crippen LogP contribution in [0.4, 0.5) is 4.39 Å². The van der Waals surface area contributed by atoms with Crippen LogP contribution in [0.25, 0.3) is 11.0 Å². The van der Waals surface area contributed by atoms with Gasteiger partial charge in [-0.2, -0.15) is 0 Å². The van der Waals surface area contributed by atoms with Gasteiger partial charge in [-0.1, -0.05) is 0 Å². The van der Waals surface area contributed by atoms with Crippen LogP contribution in [-0.2, 0) is 0 Å². The van der Waals surface area contributed by atoms with E-state index in [1.165, 1.54) is 12.1 Å². The summed E-state index contributed by atoms with van der Waals surface area (Å²) in [7, 11) is 0. The second kappa shape index (κ2) is 4.23. The van der Waals surface area contributed by atoms with Crippen LogP contribution in [0.3, 0.4) is 0 Å². The molecule has 1 atom stereocenters. The predicted octanol–water partition coefficient (Wildman–Crippen LogP) is 3.99. The Balaban J connectivity index is 2.07. The Morgan fingerprint density at radius 3 is 2.83 bits per heavy atom. The lowest BCUT2D eigenvalue weighted by atomic mass is 10.1. The van der Waals surface area contributed by atoms with Gasteiger partial charge in [0.05, 0.1) is 6.04 Å². The van der Waals surface area contributed by atoms with E-state index in [-0.39, 0.29) is 11.9 Å². The van der Waals surface area contributed by atoms with Crippen molar-refractivity contribution in [3.8, 4) is 0 Å². The number of thiophene rings is 1. The van der Waals surface area contributed by atoms with E-state index in [4.69, 9.17) is 10.2 Å². The van der Waals surface area contributed by atoms with Gasteiger partial charge in [0.25, 0.3) is 0 Å². The van der Waals surface area contributed by atoms with Gasteiger partial charge in [-0.25, -0.2) is 4.39 Å². The first-order valence-corrected chi connectivity index (χ1v) is 6.51. The van der Waals surface area contributed by atoms with Crippen LogP contribution in [0.2, 0.25) is 0 Å². The molecule has 0 aliphatic rings. The first-order chi connectivity index (χ1) is 8.65. The molecule has 2 aromatic heterocycles. The van der Waals surface area contributed by atoms with Crippen molar-refractivity contribution in [1.29, 1.82) is 0 Å². The molecule has 0 aliphatic heterocycles. The highest BCUT2D eigenvalue weighted by molar-refractivity contribution is 7.10. The van der Waals surface area contributed by atoms with Gasteiger partial charge in [0.1, 0.15) is 17.2 Å². The Hall–Kier alpha value is -1.65. The zero-order valence-corrected chi connectivity index (χ0v) is 10.6. The van der Waals surface area contributed by atoms with Crippen LogP contribution in [-0.4, -0.2) is 0 Å². The highest BCUT2D eigenvalue weighted by atomic mass is 32.1. The van der Waals surface area contributed by atoms with Crippen molar-refractivity contribution in [2.75, 3.05) is 0 Å². The summed E-state index contributed by atoms with van der Waals surface area (Å²) >= 11 is 1.61. The van der Waals surface area contributed by atoms with Crippen molar-refractivity contribution < 1.29 is 8.81 Å². The Labute approximate surface area is 108 Å². The standard InChI is InChI=1S/C14H12FNOS/c1-8-4-5-18-14(8)13(16)12-7-9-6-10(15)2-3-11(9)17-12/h2-7,13H,16H2,1H3. The van der Waals surface area contributed by atoms with E-state index in [0.29, 0.717) is 11.3 Å². The summed E-state index contributed by atoms with van der Waals surface area (Å²) in [6, 6.07) is 8.01. The molecule has 0 aliphatic carbocycles. The molecule has 0 saturated heterocycles. The Kier molecular flexibility index (Phi) is 2.69. The number of rotatable bonds is 2. The number of fused-ring (bicyclic) bond motifs is 1. The van der Waals surface area contributed by atoms with E-state index in [0.717, 1.165) is 15.8 Å². The highest BCUT2D eigenvalue weighted by Crippen LogP contribution is 2.31. The topological polar surface area (TPSA) is 39.2 Å². The van der Waals surface area contributed by atoms with Gasteiger partial charge >= 0.3 is 0 Å². The number of nitrogens with two attached hydrogens (primary N) is 1. The summed E-state index contributed by atoms with van der Waals surface area (Å²) in [6.45, 7) is 2.02. The molecule has 0 bridgehead atoms. The first-order valence-electron chi connectivity index (χ1n) is 5.64. The summed E-state index contributed by atoms with van der Waals surface area (Å²) in [4.78, 5) is 1.08. The minimum absolute atomic E-state index is 0.268. The average molecular weight is 261 g/mol. The monoisotopic (exact) mass is 261 g/mol. The lowest BCUT2D eigenvalue weighted by Crippen LogP contribution is -2.10. The molecule has 0 spiro atoms. The Morgan fingerprint density at radius 1 is 1.28 bits per heavy atom. The molecule has 2 N–H and O–H groups in total. The molecule has 1 aromatic carbocycles. The second-order valence-corrected chi connectivity index (χ2v) is 5.22. The predicted molar refractivity (Wildman–Crippen MR) is 71.3 cm³/mol. The fourth-order valence-electron chi connectivity index (χ4n) is 2.02. The number of benzene rings is 1. The number of halogens is 1. The number of hydrogen-bond donors (Lipinski definition) is 1. The fourth-order valence-corrected chi connectivity index (χ4v) is 2.96. The Morgan fingerprint density at radius 2 is 2.11 bits per heavy atom. The molecule has 3 rings (SSSR count). The minimum atomic E-state index is -0.291. The molecular weight excluding hydrogens is 249 g/mol. The lowest BCUT2D eigenvalue weighted by molar-refractivity contribution is 0.526. The lowest BCUT2D eigenvalue weighted by Gasteiger charge is -2.07. The second-order valence-electron chi connectivity index (χ2n) is 4.28. The maximum Gasteiger partial charge on any atom is 0.134 e. The van der Waals surface area contributed by atoms with Crippen LogP contribution in [0.15, 0.2) is 40.1 Å². The smallest absolute Gasteiger partial charge is 0.134 e. The van der Waals surface area contributed by atoms with Gasteiger partial charge in [-0.3, -0.25) is 0 Å². The van der Waals surface area contributed by atoms with E-state index >= 15 is 0 Å². The summed E-state index contributed by atoms with van der Waals surface area (Å²) < 4.78 is 18.8. The van der Waals surface area contributed by atoms with Crippen molar-refractivity contribution in [1.82, 2.24) is 0 Å². The minimum Gasteiger partial charge on any atom is -0.459 e. The van der Waals surface area contributed by atoms with Gasteiger partial charge in [0, 0.05) is 10.3 Å². The summed E-state index contributed by atoms with van der Waals surface area (Å²) in [5.41, 5.74) is 8.00. The van der Waals surface area contributed by atoms with E-state index in [9.17, 15) is 4.39 Å². The molecule has 18 heavy (non-hydrogen) atoms. The maximum atomic E-state index is 13.1. The molecule has 0 radical (unpaired) electrons. The third-order valence-electron chi connectivity index (χ3n) is 2.99. The Bertz CT molecular complexity index is 701. The number of furan rings is 1. The summed E-state index contributed by atoms with van der Waals surface area (Å²) in [6.07, 6.45) is 0. The van der Waals surface area contributed by atoms with Crippen LogP contribution in [0, 0.1) is 12.7 Å². The molecule has 2 nitrogen and oxygen atoms in total. The summed E-state index contributed by atoms with van der Waals surface area (Å²) in [5.74, 6) is 0.400. The van der Waals surface area contributed by atoms with Crippen LogP contribution in [0.1, 0.15) is 22.2 Å². The van der Waals surface area contributed by atoms with Crippen molar-refractivity contribution in [3.05, 3.63) is 57.7 Å². The molecule has 3 aromatic rings. The van der Waals surface area contributed by atoms with E-state index in [2.05, 4.69) is 0 Å². The normalized spacial score (nSPS) is 13.1. The molecule has 1 unspecified atom stereocenters. The first kappa shape index (κ1) is 11.4. The van der Waals surface area contributed by atoms with Gasteiger partial charge < -0.3 is 10.2 Å². The zero-order chi connectivity index (χ0) is 12.7. The van der Waals surface area contributed by atoms with E-state index < -0.39 is 0 Å². The molecule has 0 fully saturated rings. The molecule has 4 heteroatoms. The molecule has 0 amide bonds. The van der Waals surface area contributed by atoms with Gasteiger partial charge in [-0.05, 0) is 48.2 Å². The van der Waals surface area contributed by atoms with Gasteiger partial charge in [0.15, 0.2) is 0 Å². The summed E-state index contributed by atoms with van der Waals surface area (Å²) in [5, 5.41) is 2.75. The molecule has 2 heterocycles. The SMILES string of the molecule is Cc1ccsc1C(N)c1cc2cc(F)ccc2o1. The molecule has 0 saturated carbocycles. The van der Waals surface area contributed by atoms with Gasteiger partial charge in [0.2, 0.25) is 0 Å². The highest BCUT2D eigenvalue weighted by Gasteiger charge is 2.17. The van der Waals surface area contributed by atoms with Crippen molar-refractivity contribution in [2.45, 2.75) is 13.0 Å². The van der Waals surface area contributed by atoms with Crippen LogP contribution >= 0.6 is 11.3 Å².